The molecule has 2 nitrogen and oxygen atoms in total. The zero-order valence-corrected chi connectivity index (χ0v) is 10.2. The van der Waals surface area contributed by atoms with Gasteiger partial charge in [0.25, 0.3) is 0 Å². The van der Waals surface area contributed by atoms with Gasteiger partial charge < -0.3 is 11.1 Å². The first kappa shape index (κ1) is 11.9. The molecule has 84 valence electrons. The Morgan fingerprint density at radius 3 is 2.53 bits per heavy atom. The van der Waals surface area contributed by atoms with Crippen molar-refractivity contribution < 1.29 is 0 Å². The summed E-state index contributed by atoms with van der Waals surface area (Å²) in [5.74, 6) is 1.38. The van der Waals surface area contributed by atoms with Gasteiger partial charge in [-0.15, -0.1) is 0 Å². The molecule has 0 radical (unpaired) electrons. The van der Waals surface area contributed by atoms with Crippen LogP contribution in [0.3, 0.4) is 0 Å². The fraction of sp³-hybridized carbons (Fsp3) is 0.538. The van der Waals surface area contributed by atoms with Gasteiger partial charge in [0.05, 0.1) is 0 Å². The summed E-state index contributed by atoms with van der Waals surface area (Å²) >= 11 is 0. The predicted molar refractivity (Wildman–Crippen MR) is 68.1 cm³/mol. The first-order valence-corrected chi connectivity index (χ1v) is 5.60. The van der Waals surface area contributed by atoms with Gasteiger partial charge in [0.2, 0.25) is 0 Å². The largest absolute Gasteiger partial charge is 0.399 e. The molecule has 0 heterocycles. The van der Waals surface area contributed by atoms with Crippen LogP contribution < -0.4 is 11.1 Å². The Kier molecular flexibility index (Phi) is 4.01. The molecule has 0 aliphatic heterocycles. The maximum atomic E-state index is 5.75. The Hall–Kier alpha value is -1.18. The van der Waals surface area contributed by atoms with Crippen molar-refractivity contribution in [1.29, 1.82) is 0 Å². The number of rotatable bonds is 4. The van der Waals surface area contributed by atoms with Crippen molar-refractivity contribution in [3.63, 3.8) is 0 Å². The van der Waals surface area contributed by atoms with E-state index in [2.05, 4.69) is 39.1 Å². The van der Waals surface area contributed by atoms with E-state index in [1.54, 1.807) is 0 Å². The van der Waals surface area contributed by atoms with Crippen LogP contribution >= 0.6 is 0 Å². The summed E-state index contributed by atoms with van der Waals surface area (Å²) < 4.78 is 0. The molecular weight excluding hydrogens is 184 g/mol. The number of aryl methyl sites for hydroxylation is 1. The Bertz CT molecular complexity index is 318. The molecule has 1 aromatic carbocycles. The summed E-state index contributed by atoms with van der Waals surface area (Å²) in [6.45, 7) is 9.86. The minimum Gasteiger partial charge on any atom is -0.399 e. The zero-order chi connectivity index (χ0) is 11.4. The maximum Gasteiger partial charge on any atom is 0.0390 e. The molecule has 0 saturated heterocycles. The van der Waals surface area contributed by atoms with Gasteiger partial charge in [-0.25, -0.2) is 0 Å². The smallest absolute Gasteiger partial charge is 0.0390 e. The molecule has 0 amide bonds. The summed E-state index contributed by atoms with van der Waals surface area (Å²) in [6.07, 6.45) is 0. The highest BCUT2D eigenvalue weighted by atomic mass is 14.9. The van der Waals surface area contributed by atoms with Crippen molar-refractivity contribution in [2.45, 2.75) is 27.7 Å². The molecule has 0 fully saturated rings. The lowest BCUT2D eigenvalue weighted by Crippen LogP contribution is -2.16. The third-order valence-electron chi connectivity index (χ3n) is 3.01. The summed E-state index contributed by atoms with van der Waals surface area (Å²) in [5, 5.41) is 3.45. The van der Waals surface area contributed by atoms with Gasteiger partial charge in [0, 0.05) is 17.9 Å². The third-order valence-corrected chi connectivity index (χ3v) is 3.01. The topological polar surface area (TPSA) is 38.0 Å². The van der Waals surface area contributed by atoms with Crippen molar-refractivity contribution in [3.8, 4) is 0 Å². The summed E-state index contributed by atoms with van der Waals surface area (Å²) in [4.78, 5) is 0. The van der Waals surface area contributed by atoms with Gasteiger partial charge >= 0.3 is 0 Å². The molecule has 0 bridgehead atoms. The van der Waals surface area contributed by atoms with Crippen molar-refractivity contribution in [1.82, 2.24) is 0 Å². The van der Waals surface area contributed by atoms with Crippen LogP contribution in [-0.2, 0) is 0 Å². The number of benzene rings is 1. The van der Waals surface area contributed by atoms with Crippen LogP contribution in [0.5, 0.6) is 0 Å². The lowest BCUT2D eigenvalue weighted by Gasteiger charge is -2.18. The Morgan fingerprint density at radius 2 is 1.93 bits per heavy atom. The van der Waals surface area contributed by atoms with Crippen LogP contribution in [0.2, 0.25) is 0 Å². The van der Waals surface area contributed by atoms with Gasteiger partial charge in [-0.3, -0.25) is 0 Å². The normalized spacial score (nSPS) is 12.9. The van der Waals surface area contributed by atoms with Crippen molar-refractivity contribution in [2.24, 2.45) is 11.8 Å². The maximum absolute atomic E-state index is 5.75. The lowest BCUT2D eigenvalue weighted by molar-refractivity contribution is 0.439. The molecule has 1 atom stereocenters. The second-order valence-corrected chi connectivity index (χ2v) is 4.68. The number of nitrogens with one attached hydrogen (secondary N) is 1. The zero-order valence-electron chi connectivity index (χ0n) is 10.2. The van der Waals surface area contributed by atoms with E-state index in [0.29, 0.717) is 11.8 Å². The highest BCUT2D eigenvalue weighted by Gasteiger charge is 2.07. The second kappa shape index (κ2) is 5.06. The van der Waals surface area contributed by atoms with Crippen LogP contribution in [0.15, 0.2) is 18.2 Å². The number of hydrogen-bond acceptors (Lipinski definition) is 2. The van der Waals surface area contributed by atoms with E-state index in [4.69, 9.17) is 5.73 Å². The number of nitrogen functional groups attached to an aromatic ring is 1. The van der Waals surface area contributed by atoms with Crippen molar-refractivity contribution in [3.05, 3.63) is 23.8 Å². The standard InChI is InChI=1S/C13H22N2/c1-9(2)11(4)8-15-13-7-12(14)6-5-10(13)3/h5-7,9,11,15H,8,14H2,1-4H3. The molecular formula is C13H22N2. The fourth-order valence-electron chi connectivity index (χ4n) is 1.34. The molecule has 0 aliphatic rings. The Labute approximate surface area is 92.9 Å². The predicted octanol–water partition coefficient (Wildman–Crippen LogP) is 3.28. The number of nitrogens with two attached hydrogens (primary N) is 1. The number of anilines is 2. The van der Waals surface area contributed by atoms with Crippen LogP contribution in [-0.4, -0.2) is 6.54 Å². The molecule has 0 aromatic heterocycles. The third kappa shape index (κ3) is 3.46. The molecule has 0 saturated carbocycles. The molecule has 0 aliphatic carbocycles. The average Bonchev–Trinajstić information content (AvgIpc) is 2.18. The lowest BCUT2D eigenvalue weighted by atomic mass is 9.98. The van der Waals surface area contributed by atoms with Gasteiger partial charge in [-0.2, -0.15) is 0 Å². The van der Waals surface area contributed by atoms with E-state index < -0.39 is 0 Å². The average molecular weight is 206 g/mol. The first-order chi connectivity index (χ1) is 7.00. The van der Waals surface area contributed by atoms with Crippen LogP contribution in [0.25, 0.3) is 0 Å². The van der Waals surface area contributed by atoms with Gasteiger partial charge in [-0.05, 0) is 36.5 Å². The fourth-order valence-corrected chi connectivity index (χ4v) is 1.34. The second-order valence-electron chi connectivity index (χ2n) is 4.68. The molecule has 2 heteroatoms. The van der Waals surface area contributed by atoms with E-state index in [-0.39, 0.29) is 0 Å². The van der Waals surface area contributed by atoms with Crippen LogP contribution in [0, 0.1) is 18.8 Å². The van der Waals surface area contributed by atoms with E-state index >= 15 is 0 Å². The Balaban J connectivity index is 2.61. The minimum atomic E-state index is 0.672. The highest BCUT2D eigenvalue weighted by Crippen LogP contribution is 2.19. The highest BCUT2D eigenvalue weighted by molar-refractivity contribution is 5.59. The molecule has 1 unspecified atom stereocenters. The quantitative estimate of drug-likeness (QED) is 0.742. The van der Waals surface area contributed by atoms with Gasteiger partial charge in [0.15, 0.2) is 0 Å². The molecule has 3 N–H and O–H groups in total. The molecule has 1 rings (SSSR count). The number of hydrogen-bond donors (Lipinski definition) is 2. The van der Waals surface area contributed by atoms with E-state index in [1.807, 2.05) is 12.1 Å². The van der Waals surface area contributed by atoms with E-state index in [1.165, 1.54) is 5.56 Å². The van der Waals surface area contributed by atoms with E-state index in [9.17, 15) is 0 Å². The Morgan fingerprint density at radius 1 is 1.27 bits per heavy atom. The van der Waals surface area contributed by atoms with Gasteiger partial charge in [0.1, 0.15) is 0 Å². The summed E-state index contributed by atoms with van der Waals surface area (Å²) in [5.41, 5.74) is 8.98. The van der Waals surface area contributed by atoms with Crippen LogP contribution in [0.4, 0.5) is 11.4 Å². The van der Waals surface area contributed by atoms with Gasteiger partial charge in [-0.1, -0.05) is 26.8 Å². The molecule has 15 heavy (non-hydrogen) atoms. The van der Waals surface area contributed by atoms with E-state index in [0.717, 1.165) is 17.9 Å². The van der Waals surface area contributed by atoms with Crippen molar-refractivity contribution >= 4 is 11.4 Å². The van der Waals surface area contributed by atoms with Crippen LogP contribution in [0.1, 0.15) is 26.3 Å². The van der Waals surface area contributed by atoms with Crippen molar-refractivity contribution in [2.75, 3.05) is 17.6 Å². The monoisotopic (exact) mass is 206 g/mol. The molecule has 0 spiro atoms. The molecule has 1 aromatic rings. The SMILES string of the molecule is Cc1ccc(N)cc1NCC(C)C(C)C. The first-order valence-electron chi connectivity index (χ1n) is 5.60. The summed E-state index contributed by atoms with van der Waals surface area (Å²) in [7, 11) is 0. The summed E-state index contributed by atoms with van der Waals surface area (Å²) in [6, 6.07) is 5.99. The minimum absolute atomic E-state index is 0.672.